The highest BCUT2D eigenvalue weighted by Gasteiger charge is 2.37. The van der Waals surface area contributed by atoms with Crippen LogP contribution in [0.2, 0.25) is 0 Å². The van der Waals surface area contributed by atoms with Gasteiger partial charge in [0.1, 0.15) is 12.2 Å². The molecule has 1 rings (SSSR count). The summed E-state index contributed by atoms with van der Waals surface area (Å²) in [4.78, 5) is 13.0. The SMILES string of the molecule is CC(C)[C@@H](N)C(=O)N1C[C@@H](F)C[C@H]1C#N. The normalized spacial score (nSPS) is 27.9. The first-order valence-corrected chi connectivity index (χ1v) is 5.07. The summed E-state index contributed by atoms with van der Waals surface area (Å²) in [6.07, 6.45) is -0.995. The summed E-state index contributed by atoms with van der Waals surface area (Å²) < 4.78 is 13.0. The van der Waals surface area contributed by atoms with E-state index >= 15 is 0 Å². The molecular weight excluding hydrogens is 197 g/mol. The van der Waals surface area contributed by atoms with Crippen LogP contribution in [0.1, 0.15) is 20.3 Å². The molecule has 0 radical (unpaired) electrons. The van der Waals surface area contributed by atoms with E-state index in [1.807, 2.05) is 19.9 Å². The molecule has 1 aliphatic heterocycles. The second-order valence-electron chi connectivity index (χ2n) is 4.24. The zero-order valence-corrected chi connectivity index (χ0v) is 8.98. The third kappa shape index (κ3) is 2.45. The number of nitriles is 1. The number of halogens is 1. The Kier molecular flexibility index (Phi) is 3.64. The predicted molar refractivity (Wildman–Crippen MR) is 53.4 cm³/mol. The Bertz CT molecular complexity index is 287. The van der Waals surface area contributed by atoms with E-state index in [-0.39, 0.29) is 24.8 Å². The van der Waals surface area contributed by atoms with Gasteiger partial charge in [-0.3, -0.25) is 4.79 Å². The Hall–Kier alpha value is -1.15. The molecule has 1 heterocycles. The number of amides is 1. The maximum atomic E-state index is 13.0. The van der Waals surface area contributed by atoms with Crippen LogP contribution in [0, 0.1) is 17.2 Å². The van der Waals surface area contributed by atoms with Gasteiger partial charge in [0.2, 0.25) is 5.91 Å². The lowest BCUT2D eigenvalue weighted by molar-refractivity contribution is -0.133. The van der Waals surface area contributed by atoms with Gasteiger partial charge in [0.25, 0.3) is 0 Å². The number of alkyl halides is 1. The number of nitrogens with two attached hydrogens (primary N) is 1. The quantitative estimate of drug-likeness (QED) is 0.723. The molecule has 0 unspecified atom stereocenters. The monoisotopic (exact) mass is 213 g/mol. The molecule has 0 aliphatic carbocycles. The average Bonchev–Trinajstić information content (AvgIpc) is 2.57. The zero-order valence-electron chi connectivity index (χ0n) is 8.98. The summed E-state index contributed by atoms with van der Waals surface area (Å²) in [6, 6.07) is 0.626. The Labute approximate surface area is 88.8 Å². The molecule has 5 heteroatoms. The third-order valence-corrected chi connectivity index (χ3v) is 2.69. The molecule has 0 saturated carbocycles. The fourth-order valence-electron chi connectivity index (χ4n) is 1.63. The van der Waals surface area contributed by atoms with Crippen molar-refractivity contribution in [3.8, 4) is 6.07 Å². The molecule has 1 aliphatic rings. The molecule has 2 N–H and O–H groups in total. The van der Waals surface area contributed by atoms with Crippen molar-refractivity contribution < 1.29 is 9.18 Å². The molecule has 0 aromatic heterocycles. The number of hydrogen-bond donors (Lipinski definition) is 1. The van der Waals surface area contributed by atoms with E-state index in [4.69, 9.17) is 11.0 Å². The van der Waals surface area contributed by atoms with Gasteiger partial charge in [0.15, 0.2) is 0 Å². The molecule has 15 heavy (non-hydrogen) atoms. The highest BCUT2D eigenvalue weighted by atomic mass is 19.1. The van der Waals surface area contributed by atoms with Gasteiger partial charge in [-0.25, -0.2) is 4.39 Å². The molecule has 1 fully saturated rings. The van der Waals surface area contributed by atoms with Gasteiger partial charge in [-0.05, 0) is 5.92 Å². The average molecular weight is 213 g/mol. The molecular formula is C10H16FN3O. The highest BCUT2D eigenvalue weighted by molar-refractivity contribution is 5.82. The second kappa shape index (κ2) is 4.58. The van der Waals surface area contributed by atoms with Crippen molar-refractivity contribution in [3.63, 3.8) is 0 Å². The Morgan fingerprint density at radius 2 is 2.27 bits per heavy atom. The van der Waals surface area contributed by atoms with E-state index in [9.17, 15) is 9.18 Å². The number of hydrogen-bond acceptors (Lipinski definition) is 3. The van der Waals surface area contributed by atoms with E-state index < -0.39 is 18.3 Å². The van der Waals surface area contributed by atoms with Gasteiger partial charge in [-0.1, -0.05) is 13.8 Å². The summed E-state index contributed by atoms with van der Waals surface area (Å²) in [6.45, 7) is 3.65. The van der Waals surface area contributed by atoms with Crippen LogP contribution in [0.25, 0.3) is 0 Å². The molecule has 1 amide bonds. The standard InChI is InChI=1S/C10H16FN3O/c1-6(2)9(13)10(15)14-5-7(11)3-8(14)4-12/h6-9H,3,5,13H2,1-2H3/t7-,8-,9+/m0/s1. The predicted octanol–water partition coefficient (Wildman–Crippen LogP) is 0.432. The molecule has 84 valence electrons. The van der Waals surface area contributed by atoms with Crippen molar-refractivity contribution in [2.45, 2.75) is 38.5 Å². The number of carbonyl (C=O) groups is 1. The second-order valence-corrected chi connectivity index (χ2v) is 4.24. The number of rotatable bonds is 2. The Balaban J connectivity index is 2.71. The van der Waals surface area contributed by atoms with Crippen molar-refractivity contribution in [2.24, 2.45) is 11.7 Å². The largest absolute Gasteiger partial charge is 0.322 e. The van der Waals surface area contributed by atoms with E-state index in [0.29, 0.717) is 0 Å². The minimum Gasteiger partial charge on any atom is -0.322 e. The number of nitrogens with zero attached hydrogens (tertiary/aromatic N) is 2. The summed E-state index contributed by atoms with van der Waals surface area (Å²) in [5, 5.41) is 8.77. The molecule has 0 aromatic carbocycles. The van der Waals surface area contributed by atoms with Crippen LogP contribution in [0.4, 0.5) is 4.39 Å². The van der Waals surface area contributed by atoms with Crippen molar-refractivity contribution in [1.82, 2.24) is 4.90 Å². The molecule has 3 atom stereocenters. The molecule has 1 saturated heterocycles. The van der Waals surface area contributed by atoms with Crippen LogP contribution in [0.15, 0.2) is 0 Å². The molecule has 4 nitrogen and oxygen atoms in total. The fourth-order valence-corrected chi connectivity index (χ4v) is 1.63. The first-order chi connectivity index (χ1) is 6.97. The molecule has 0 aromatic rings. The lowest BCUT2D eigenvalue weighted by Gasteiger charge is -2.24. The first kappa shape index (κ1) is 11.9. The zero-order chi connectivity index (χ0) is 11.6. The van der Waals surface area contributed by atoms with Gasteiger partial charge in [-0.15, -0.1) is 0 Å². The maximum Gasteiger partial charge on any atom is 0.240 e. The van der Waals surface area contributed by atoms with Crippen molar-refractivity contribution in [3.05, 3.63) is 0 Å². The minimum absolute atomic E-state index is 0.00250. The summed E-state index contributed by atoms with van der Waals surface area (Å²) in [5.74, 6) is -0.327. The van der Waals surface area contributed by atoms with E-state index in [1.54, 1.807) is 0 Å². The number of likely N-dealkylation sites (tertiary alicyclic amines) is 1. The van der Waals surface area contributed by atoms with Crippen molar-refractivity contribution >= 4 is 5.91 Å². The van der Waals surface area contributed by atoms with Crippen LogP contribution < -0.4 is 5.73 Å². The summed E-state index contributed by atoms with van der Waals surface area (Å²) in [7, 11) is 0. The van der Waals surface area contributed by atoms with E-state index in [2.05, 4.69) is 0 Å². The van der Waals surface area contributed by atoms with Crippen LogP contribution in [0.5, 0.6) is 0 Å². The van der Waals surface area contributed by atoms with Gasteiger partial charge >= 0.3 is 0 Å². The summed E-state index contributed by atoms with van der Waals surface area (Å²) >= 11 is 0. The Morgan fingerprint density at radius 1 is 1.67 bits per heavy atom. The number of carbonyl (C=O) groups excluding carboxylic acids is 1. The smallest absolute Gasteiger partial charge is 0.240 e. The topological polar surface area (TPSA) is 70.1 Å². The van der Waals surface area contributed by atoms with Gasteiger partial charge in [-0.2, -0.15) is 5.26 Å². The lowest BCUT2D eigenvalue weighted by atomic mass is 10.0. The minimum atomic E-state index is -1.10. The van der Waals surface area contributed by atoms with Crippen molar-refractivity contribution in [2.75, 3.05) is 6.54 Å². The third-order valence-electron chi connectivity index (χ3n) is 2.69. The van der Waals surface area contributed by atoms with Crippen LogP contribution in [0.3, 0.4) is 0 Å². The van der Waals surface area contributed by atoms with Gasteiger partial charge in [0.05, 0.1) is 18.7 Å². The molecule has 0 bridgehead atoms. The van der Waals surface area contributed by atoms with Crippen LogP contribution in [-0.2, 0) is 4.79 Å². The van der Waals surface area contributed by atoms with Gasteiger partial charge in [0, 0.05) is 6.42 Å². The fraction of sp³-hybridized carbons (Fsp3) is 0.800. The van der Waals surface area contributed by atoms with Gasteiger partial charge < -0.3 is 10.6 Å². The first-order valence-electron chi connectivity index (χ1n) is 5.07. The molecule has 0 spiro atoms. The lowest BCUT2D eigenvalue weighted by Crippen LogP contribution is -2.48. The van der Waals surface area contributed by atoms with Crippen molar-refractivity contribution in [1.29, 1.82) is 5.26 Å². The Morgan fingerprint density at radius 3 is 2.73 bits per heavy atom. The van der Waals surface area contributed by atoms with E-state index in [0.717, 1.165) is 0 Å². The highest BCUT2D eigenvalue weighted by Crippen LogP contribution is 2.21. The maximum absolute atomic E-state index is 13.0. The summed E-state index contributed by atoms with van der Waals surface area (Å²) in [5.41, 5.74) is 5.68. The van der Waals surface area contributed by atoms with E-state index in [1.165, 1.54) is 4.90 Å². The van der Waals surface area contributed by atoms with Crippen LogP contribution >= 0.6 is 0 Å². The van der Waals surface area contributed by atoms with Crippen LogP contribution in [-0.4, -0.2) is 35.6 Å².